The molecule has 5 heteroatoms. The van der Waals surface area contributed by atoms with Gasteiger partial charge in [0.05, 0.1) is 6.42 Å². The number of amides is 2. The molecule has 1 aromatic rings. The van der Waals surface area contributed by atoms with E-state index < -0.39 is 0 Å². The largest absolute Gasteiger partial charge is 0.351 e. The van der Waals surface area contributed by atoms with Crippen molar-refractivity contribution >= 4 is 29.3 Å². The molecule has 0 saturated heterocycles. The fraction of sp³-hybridized carbons (Fsp3) is 0.429. The molecule has 1 aromatic carbocycles. The molecule has 4 nitrogen and oxygen atoms in total. The van der Waals surface area contributed by atoms with E-state index in [2.05, 4.69) is 24.5 Å². The van der Waals surface area contributed by atoms with E-state index in [0.717, 1.165) is 11.3 Å². The average Bonchev–Trinajstić information content (AvgIpc) is 2.75. The van der Waals surface area contributed by atoms with Crippen LogP contribution in [0.3, 0.4) is 0 Å². The summed E-state index contributed by atoms with van der Waals surface area (Å²) in [5.74, 6) is -0.123. The van der Waals surface area contributed by atoms with E-state index in [1.54, 1.807) is 23.9 Å². The first-order valence-corrected chi connectivity index (χ1v) is 7.40. The Morgan fingerprint density at radius 3 is 2.89 bits per heavy atom. The van der Waals surface area contributed by atoms with Crippen molar-refractivity contribution in [1.29, 1.82) is 0 Å². The Labute approximate surface area is 117 Å². The Morgan fingerprint density at radius 2 is 2.21 bits per heavy atom. The lowest BCUT2D eigenvalue weighted by molar-refractivity contribution is -0.115. The van der Waals surface area contributed by atoms with Gasteiger partial charge in [-0.1, -0.05) is 6.07 Å². The Kier molecular flexibility index (Phi) is 3.85. The second-order valence-corrected chi connectivity index (χ2v) is 6.76. The molecule has 2 N–H and O–H groups in total. The molecule has 0 aromatic heterocycles. The molecule has 0 radical (unpaired) electrons. The van der Waals surface area contributed by atoms with Crippen molar-refractivity contribution in [3.05, 3.63) is 29.3 Å². The summed E-state index contributed by atoms with van der Waals surface area (Å²) in [5.41, 5.74) is 2.28. The molecule has 0 saturated carbocycles. The molecule has 2 rings (SSSR count). The van der Waals surface area contributed by atoms with Crippen molar-refractivity contribution in [2.45, 2.75) is 25.0 Å². The minimum atomic E-state index is -0.105. The molecule has 1 aliphatic heterocycles. The molecule has 0 bridgehead atoms. The van der Waals surface area contributed by atoms with Crippen molar-refractivity contribution in [1.82, 2.24) is 5.32 Å². The van der Waals surface area contributed by atoms with Crippen molar-refractivity contribution in [2.24, 2.45) is 0 Å². The number of anilines is 1. The van der Waals surface area contributed by atoms with E-state index in [1.807, 2.05) is 12.3 Å². The first-order chi connectivity index (χ1) is 8.91. The highest BCUT2D eigenvalue weighted by atomic mass is 32.2. The van der Waals surface area contributed by atoms with Gasteiger partial charge >= 0.3 is 0 Å². The van der Waals surface area contributed by atoms with Gasteiger partial charge < -0.3 is 10.6 Å². The van der Waals surface area contributed by atoms with Crippen LogP contribution < -0.4 is 10.6 Å². The Morgan fingerprint density at radius 1 is 1.47 bits per heavy atom. The fourth-order valence-corrected chi connectivity index (χ4v) is 2.04. The van der Waals surface area contributed by atoms with Gasteiger partial charge in [-0.05, 0) is 37.8 Å². The van der Waals surface area contributed by atoms with Gasteiger partial charge in [-0.15, -0.1) is 0 Å². The first kappa shape index (κ1) is 13.9. The summed E-state index contributed by atoms with van der Waals surface area (Å²) in [6, 6.07) is 5.34. The number of nitrogens with one attached hydrogen (secondary N) is 2. The van der Waals surface area contributed by atoms with Gasteiger partial charge in [0.2, 0.25) is 5.91 Å². The topological polar surface area (TPSA) is 58.2 Å². The molecular weight excluding hydrogens is 260 g/mol. The monoisotopic (exact) mass is 278 g/mol. The molecule has 102 valence electrons. The second kappa shape index (κ2) is 5.25. The molecule has 0 spiro atoms. The molecule has 1 aliphatic rings. The summed E-state index contributed by atoms with van der Waals surface area (Å²) >= 11 is 1.71. The van der Waals surface area contributed by atoms with Gasteiger partial charge in [0, 0.05) is 22.5 Å². The van der Waals surface area contributed by atoms with Crippen LogP contribution in [0.1, 0.15) is 29.8 Å². The predicted molar refractivity (Wildman–Crippen MR) is 78.7 cm³/mol. The van der Waals surface area contributed by atoms with E-state index in [0.29, 0.717) is 18.5 Å². The van der Waals surface area contributed by atoms with Crippen LogP contribution >= 0.6 is 11.8 Å². The van der Waals surface area contributed by atoms with E-state index in [1.165, 1.54) is 0 Å². The molecule has 19 heavy (non-hydrogen) atoms. The lowest BCUT2D eigenvalue weighted by atomic mass is 10.1. The standard InChI is InChI=1S/C14H18N2O2S/c1-14(2,19-3)8-15-13(18)10-5-4-9-7-12(17)16-11(9)6-10/h4-6H,7-8H2,1-3H3,(H,15,18)(H,16,17). The highest BCUT2D eigenvalue weighted by molar-refractivity contribution is 7.99. The number of benzene rings is 1. The lowest BCUT2D eigenvalue weighted by Crippen LogP contribution is -2.36. The van der Waals surface area contributed by atoms with Crippen LogP contribution in [-0.2, 0) is 11.2 Å². The number of rotatable bonds is 4. The van der Waals surface area contributed by atoms with Gasteiger partial charge in [0.15, 0.2) is 0 Å². The van der Waals surface area contributed by atoms with Crippen molar-refractivity contribution < 1.29 is 9.59 Å². The van der Waals surface area contributed by atoms with Crippen molar-refractivity contribution in [3.8, 4) is 0 Å². The predicted octanol–water partition coefficient (Wildman–Crippen LogP) is 2.05. The highest BCUT2D eigenvalue weighted by Gasteiger charge is 2.20. The maximum atomic E-state index is 12.1. The van der Waals surface area contributed by atoms with Crippen molar-refractivity contribution in [2.75, 3.05) is 18.1 Å². The van der Waals surface area contributed by atoms with Gasteiger partial charge in [-0.3, -0.25) is 9.59 Å². The van der Waals surface area contributed by atoms with Crippen LogP contribution in [-0.4, -0.2) is 29.4 Å². The van der Waals surface area contributed by atoms with Crippen LogP contribution in [0.15, 0.2) is 18.2 Å². The fourth-order valence-electron chi connectivity index (χ4n) is 1.82. The highest BCUT2D eigenvalue weighted by Crippen LogP contribution is 2.24. The molecule has 2 amide bonds. The summed E-state index contributed by atoms with van der Waals surface area (Å²) < 4.78 is 0.0145. The van der Waals surface area contributed by atoms with Crippen LogP contribution in [0.2, 0.25) is 0 Å². The summed E-state index contributed by atoms with van der Waals surface area (Å²) in [6.45, 7) is 4.78. The zero-order valence-corrected chi connectivity index (χ0v) is 12.2. The third kappa shape index (κ3) is 3.29. The van der Waals surface area contributed by atoms with E-state index in [-0.39, 0.29) is 16.6 Å². The zero-order valence-electron chi connectivity index (χ0n) is 11.4. The molecule has 0 aliphatic carbocycles. The van der Waals surface area contributed by atoms with Crippen LogP contribution in [0.4, 0.5) is 5.69 Å². The number of hydrogen-bond donors (Lipinski definition) is 2. The van der Waals surface area contributed by atoms with Crippen LogP contribution in [0, 0.1) is 0 Å². The van der Waals surface area contributed by atoms with E-state index in [9.17, 15) is 9.59 Å². The Hall–Kier alpha value is -1.49. The minimum Gasteiger partial charge on any atom is -0.351 e. The maximum absolute atomic E-state index is 12.1. The smallest absolute Gasteiger partial charge is 0.251 e. The molecule has 0 fully saturated rings. The SMILES string of the molecule is CSC(C)(C)CNC(=O)c1ccc2c(c1)NC(=O)C2. The second-order valence-electron chi connectivity index (χ2n) is 5.24. The van der Waals surface area contributed by atoms with Gasteiger partial charge in [-0.25, -0.2) is 0 Å². The molecular formula is C14H18N2O2S. The molecule has 0 atom stereocenters. The summed E-state index contributed by atoms with van der Waals surface area (Å²) in [7, 11) is 0. The van der Waals surface area contributed by atoms with Gasteiger partial charge in [0.25, 0.3) is 5.91 Å². The summed E-state index contributed by atoms with van der Waals surface area (Å²) in [5, 5.41) is 5.67. The quantitative estimate of drug-likeness (QED) is 0.886. The van der Waals surface area contributed by atoms with E-state index in [4.69, 9.17) is 0 Å². The Balaban J connectivity index is 2.05. The Bertz CT molecular complexity index is 526. The number of thioether (sulfide) groups is 1. The van der Waals surface area contributed by atoms with Gasteiger partial charge in [0.1, 0.15) is 0 Å². The minimum absolute atomic E-state index is 0.0145. The molecule has 1 heterocycles. The first-order valence-electron chi connectivity index (χ1n) is 6.17. The summed E-state index contributed by atoms with van der Waals surface area (Å²) in [4.78, 5) is 23.3. The number of hydrogen-bond acceptors (Lipinski definition) is 3. The normalized spacial score (nSPS) is 13.9. The number of carbonyl (C=O) groups excluding carboxylic acids is 2. The van der Waals surface area contributed by atoms with E-state index >= 15 is 0 Å². The third-order valence-corrected chi connectivity index (χ3v) is 4.47. The summed E-state index contributed by atoms with van der Waals surface area (Å²) in [6.07, 6.45) is 2.42. The van der Waals surface area contributed by atoms with Gasteiger partial charge in [-0.2, -0.15) is 11.8 Å². The molecule has 0 unspecified atom stereocenters. The number of carbonyl (C=O) groups is 2. The lowest BCUT2D eigenvalue weighted by Gasteiger charge is -2.22. The average molecular weight is 278 g/mol. The van der Waals surface area contributed by atoms with Crippen LogP contribution in [0.5, 0.6) is 0 Å². The zero-order chi connectivity index (χ0) is 14.0. The van der Waals surface area contributed by atoms with Crippen molar-refractivity contribution in [3.63, 3.8) is 0 Å². The number of fused-ring (bicyclic) bond motifs is 1. The van der Waals surface area contributed by atoms with Crippen LogP contribution in [0.25, 0.3) is 0 Å². The third-order valence-electron chi connectivity index (χ3n) is 3.22. The maximum Gasteiger partial charge on any atom is 0.251 e.